The number of fused-ring (bicyclic) bond motifs is 1. The Morgan fingerprint density at radius 3 is 2.69 bits per heavy atom. The molecule has 0 aliphatic carbocycles. The van der Waals surface area contributed by atoms with E-state index in [1.807, 2.05) is 42.6 Å². The fourth-order valence-electron chi connectivity index (χ4n) is 3.90. The van der Waals surface area contributed by atoms with Crippen LogP contribution in [-0.4, -0.2) is 31.4 Å². The number of aryl methyl sites for hydroxylation is 1. The van der Waals surface area contributed by atoms with Crippen molar-refractivity contribution in [3.63, 3.8) is 0 Å². The van der Waals surface area contributed by atoms with Crippen LogP contribution in [0, 0.1) is 6.92 Å². The van der Waals surface area contributed by atoms with Crippen LogP contribution in [0.25, 0.3) is 6.08 Å². The van der Waals surface area contributed by atoms with Gasteiger partial charge in [0.05, 0.1) is 0 Å². The average molecular weight is 446 g/mol. The summed E-state index contributed by atoms with van der Waals surface area (Å²) in [6.07, 6.45) is 3.63. The van der Waals surface area contributed by atoms with E-state index < -0.39 is 0 Å². The molecule has 3 aromatic rings. The van der Waals surface area contributed by atoms with Gasteiger partial charge in [-0.3, -0.25) is 9.59 Å². The van der Waals surface area contributed by atoms with Crippen LogP contribution in [0.4, 0.5) is 5.69 Å². The molecule has 1 aliphatic rings. The van der Waals surface area contributed by atoms with Crippen molar-refractivity contribution in [2.24, 2.45) is 0 Å². The molecule has 6 heteroatoms. The highest BCUT2D eigenvalue weighted by atomic mass is 32.1. The zero-order valence-corrected chi connectivity index (χ0v) is 19.0. The lowest BCUT2D eigenvalue weighted by molar-refractivity contribution is -0.117. The van der Waals surface area contributed by atoms with Crippen molar-refractivity contribution < 1.29 is 9.59 Å². The maximum Gasteiger partial charge on any atom is 0.267 e. The predicted molar refractivity (Wildman–Crippen MR) is 131 cm³/mol. The zero-order valence-electron chi connectivity index (χ0n) is 18.1. The van der Waals surface area contributed by atoms with Crippen molar-refractivity contribution >= 4 is 34.9 Å². The number of carbonyl (C=O) groups excluding carboxylic acids is 2. The second-order valence-corrected chi connectivity index (χ2v) is 8.80. The topological polar surface area (TPSA) is 61.4 Å². The molecule has 0 saturated carbocycles. The van der Waals surface area contributed by atoms with Gasteiger partial charge in [0.25, 0.3) is 11.8 Å². The van der Waals surface area contributed by atoms with Gasteiger partial charge >= 0.3 is 0 Å². The molecular formula is C26H27N3O2S. The van der Waals surface area contributed by atoms with Crippen molar-refractivity contribution in [3.05, 3.63) is 93.3 Å². The minimum atomic E-state index is -0.283. The number of hydrogen-bond donors (Lipinski definition) is 2. The summed E-state index contributed by atoms with van der Waals surface area (Å²) in [4.78, 5) is 29.0. The second kappa shape index (κ2) is 10.3. The van der Waals surface area contributed by atoms with E-state index in [4.69, 9.17) is 0 Å². The first-order chi connectivity index (χ1) is 15.6. The quantitative estimate of drug-likeness (QED) is 0.399. The molecule has 0 atom stereocenters. The van der Waals surface area contributed by atoms with Crippen LogP contribution < -0.4 is 15.5 Å². The molecule has 164 valence electrons. The third-order valence-electron chi connectivity index (χ3n) is 5.59. The van der Waals surface area contributed by atoms with Crippen LogP contribution in [0.15, 0.2) is 71.7 Å². The lowest BCUT2D eigenvalue weighted by Crippen LogP contribution is -2.36. The minimum absolute atomic E-state index is 0.257. The van der Waals surface area contributed by atoms with Crippen LogP contribution in [0.3, 0.4) is 0 Å². The number of nitrogens with zero attached hydrogens (tertiary/aromatic N) is 1. The average Bonchev–Trinajstić information content (AvgIpc) is 3.46. The van der Waals surface area contributed by atoms with Gasteiger partial charge in [-0.2, -0.15) is 0 Å². The molecule has 4 rings (SSSR count). The Labute approximate surface area is 192 Å². The molecule has 2 N–H and O–H groups in total. The molecule has 1 aromatic heterocycles. The number of para-hydroxylation sites is 1. The van der Waals surface area contributed by atoms with Gasteiger partial charge in [0.15, 0.2) is 0 Å². The van der Waals surface area contributed by atoms with Crippen LogP contribution in [0.2, 0.25) is 0 Å². The maximum atomic E-state index is 12.9. The van der Waals surface area contributed by atoms with Crippen molar-refractivity contribution in [3.8, 4) is 0 Å². The summed E-state index contributed by atoms with van der Waals surface area (Å²) in [5, 5.41) is 7.73. The van der Waals surface area contributed by atoms with Crippen LogP contribution in [0.1, 0.15) is 32.8 Å². The number of anilines is 1. The summed E-state index contributed by atoms with van der Waals surface area (Å²) >= 11 is 1.52. The maximum absolute atomic E-state index is 12.9. The fourth-order valence-corrected chi connectivity index (χ4v) is 4.55. The molecule has 2 heterocycles. The molecular weight excluding hydrogens is 418 g/mol. The monoisotopic (exact) mass is 445 g/mol. The molecule has 1 aliphatic heterocycles. The van der Waals surface area contributed by atoms with E-state index in [0.29, 0.717) is 12.1 Å². The van der Waals surface area contributed by atoms with E-state index in [-0.39, 0.29) is 17.5 Å². The summed E-state index contributed by atoms with van der Waals surface area (Å²) in [6.45, 7) is 4.33. The third-order valence-corrected chi connectivity index (χ3v) is 6.41. The summed E-state index contributed by atoms with van der Waals surface area (Å²) < 4.78 is 0. The summed E-state index contributed by atoms with van der Waals surface area (Å²) in [6, 6.07) is 19.7. The SMILES string of the molecule is Cc1ccccc1C(=O)N/C(=C\c1cccs1)C(=O)NCCCN1CCc2ccccc21. The van der Waals surface area contributed by atoms with E-state index in [9.17, 15) is 9.59 Å². The number of rotatable bonds is 8. The van der Waals surface area contributed by atoms with Gasteiger partial charge in [-0.15, -0.1) is 11.3 Å². The first-order valence-electron chi connectivity index (χ1n) is 10.8. The Hall–Kier alpha value is -3.38. The molecule has 0 radical (unpaired) electrons. The van der Waals surface area contributed by atoms with Crippen molar-refractivity contribution in [2.45, 2.75) is 19.8 Å². The van der Waals surface area contributed by atoms with Crippen molar-refractivity contribution in [1.82, 2.24) is 10.6 Å². The molecule has 0 spiro atoms. The summed E-state index contributed by atoms with van der Waals surface area (Å²) in [5.74, 6) is -0.558. The summed E-state index contributed by atoms with van der Waals surface area (Å²) in [7, 11) is 0. The smallest absolute Gasteiger partial charge is 0.267 e. The number of benzene rings is 2. The minimum Gasteiger partial charge on any atom is -0.371 e. The second-order valence-electron chi connectivity index (χ2n) is 7.82. The van der Waals surface area contributed by atoms with E-state index >= 15 is 0 Å². The van der Waals surface area contributed by atoms with Gasteiger partial charge in [-0.1, -0.05) is 42.5 Å². The van der Waals surface area contributed by atoms with Gasteiger partial charge in [0.1, 0.15) is 5.70 Å². The highest BCUT2D eigenvalue weighted by Crippen LogP contribution is 2.27. The molecule has 0 saturated heterocycles. The van der Waals surface area contributed by atoms with Crippen LogP contribution in [0.5, 0.6) is 0 Å². The number of amides is 2. The van der Waals surface area contributed by atoms with Crippen molar-refractivity contribution in [1.29, 1.82) is 0 Å². The Bertz CT molecular complexity index is 1120. The third kappa shape index (κ3) is 5.26. The molecule has 32 heavy (non-hydrogen) atoms. The zero-order chi connectivity index (χ0) is 22.3. The fraction of sp³-hybridized carbons (Fsp3) is 0.231. The first kappa shape index (κ1) is 21.8. The van der Waals surface area contributed by atoms with Crippen LogP contribution >= 0.6 is 11.3 Å². The standard InChI is InChI=1S/C26H27N3O2S/c1-19-8-2-4-11-22(19)25(30)28-23(18-21-10-6-17-32-21)26(31)27-14-7-15-29-16-13-20-9-3-5-12-24(20)29/h2-6,8-12,17-18H,7,13-16H2,1H3,(H,27,31)(H,28,30)/b23-18-. The van der Waals surface area contributed by atoms with Gasteiger partial charge in [0, 0.05) is 35.8 Å². The number of thiophene rings is 1. The summed E-state index contributed by atoms with van der Waals surface area (Å²) in [5.41, 5.74) is 4.36. The van der Waals surface area contributed by atoms with Gasteiger partial charge < -0.3 is 15.5 Å². The highest BCUT2D eigenvalue weighted by Gasteiger charge is 2.18. The first-order valence-corrected chi connectivity index (χ1v) is 11.7. The molecule has 2 aromatic carbocycles. The van der Waals surface area contributed by atoms with Gasteiger partial charge in [-0.25, -0.2) is 0 Å². The largest absolute Gasteiger partial charge is 0.371 e. The van der Waals surface area contributed by atoms with Gasteiger partial charge in [0.2, 0.25) is 0 Å². The van der Waals surface area contributed by atoms with Crippen LogP contribution in [-0.2, 0) is 11.2 Å². The van der Waals surface area contributed by atoms with Gasteiger partial charge in [-0.05, 0) is 60.5 Å². The highest BCUT2D eigenvalue weighted by molar-refractivity contribution is 7.10. The molecule has 0 bridgehead atoms. The number of hydrogen-bond acceptors (Lipinski definition) is 4. The van der Waals surface area contributed by atoms with E-state index in [1.165, 1.54) is 22.6 Å². The normalized spacial score (nSPS) is 13.0. The number of carbonyl (C=O) groups is 2. The molecule has 0 fully saturated rings. The van der Waals surface area contributed by atoms with E-state index in [0.717, 1.165) is 36.4 Å². The van der Waals surface area contributed by atoms with E-state index in [2.05, 4.69) is 39.8 Å². The number of nitrogens with one attached hydrogen (secondary N) is 2. The Morgan fingerprint density at radius 1 is 1.06 bits per heavy atom. The Balaban J connectivity index is 1.36. The lowest BCUT2D eigenvalue weighted by atomic mass is 10.1. The predicted octanol–water partition coefficient (Wildman–Crippen LogP) is 4.40. The van der Waals surface area contributed by atoms with E-state index in [1.54, 1.807) is 12.1 Å². The molecule has 2 amide bonds. The molecule has 5 nitrogen and oxygen atoms in total. The lowest BCUT2D eigenvalue weighted by Gasteiger charge is -2.19. The van der Waals surface area contributed by atoms with Crippen molar-refractivity contribution in [2.75, 3.05) is 24.5 Å². The Kier molecular flexibility index (Phi) is 7.02. The molecule has 0 unspecified atom stereocenters. The Morgan fingerprint density at radius 2 is 1.88 bits per heavy atom.